The minimum absolute atomic E-state index is 0.250. The number of furan rings is 1. The summed E-state index contributed by atoms with van der Waals surface area (Å²) in [6, 6.07) is 10.7. The molecule has 0 spiro atoms. The fraction of sp³-hybridized carbons (Fsp3) is 0.318. The summed E-state index contributed by atoms with van der Waals surface area (Å²) in [6.45, 7) is 2.49. The first-order chi connectivity index (χ1) is 14.5. The SMILES string of the molecule is Cn1cncc1C1CCCN(Cc2ccc(-c3ccccc3C(=O)O)o2)C1.O=CO. The van der Waals surface area contributed by atoms with Crippen molar-refractivity contribution in [2.45, 2.75) is 25.3 Å². The van der Waals surface area contributed by atoms with Gasteiger partial charge in [0, 0.05) is 37.0 Å². The van der Waals surface area contributed by atoms with Gasteiger partial charge in [0.15, 0.2) is 0 Å². The summed E-state index contributed by atoms with van der Waals surface area (Å²) in [5.74, 6) is 0.992. The van der Waals surface area contributed by atoms with Gasteiger partial charge in [-0.15, -0.1) is 0 Å². The Morgan fingerprint density at radius 1 is 1.30 bits per heavy atom. The highest BCUT2D eigenvalue weighted by atomic mass is 16.4. The van der Waals surface area contributed by atoms with Crippen LogP contribution in [-0.4, -0.2) is 50.2 Å². The molecule has 1 atom stereocenters. The van der Waals surface area contributed by atoms with Crippen LogP contribution in [0.4, 0.5) is 0 Å². The number of likely N-dealkylation sites (tertiary alicyclic amines) is 1. The molecule has 3 heterocycles. The lowest BCUT2D eigenvalue weighted by Gasteiger charge is -2.32. The zero-order valence-electron chi connectivity index (χ0n) is 16.8. The van der Waals surface area contributed by atoms with E-state index in [4.69, 9.17) is 14.3 Å². The van der Waals surface area contributed by atoms with Crippen molar-refractivity contribution in [1.29, 1.82) is 0 Å². The number of carboxylic acids is 1. The Balaban J connectivity index is 0.000000806. The average Bonchev–Trinajstić information content (AvgIpc) is 3.38. The molecule has 158 valence electrons. The van der Waals surface area contributed by atoms with Gasteiger partial charge in [-0.1, -0.05) is 18.2 Å². The molecular weight excluding hydrogens is 386 g/mol. The number of carbonyl (C=O) groups is 2. The van der Waals surface area contributed by atoms with Crippen molar-refractivity contribution in [1.82, 2.24) is 14.5 Å². The number of aromatic carboxylic acids is 1. The van der Waals surface area contributed by atoms with E-state index in [-0.39, 0.29) is 12.0 Å². The molecule has 1 fully saturated rings. The van der Waals surface area contributed by atoms with Crippen molar-refractivity contribution >= 4 is 12.4 Å². The molecule has 1 aliphatic rings. The van der Waals surface area contributed by atoms with E-state index in [1.165, 1.54) is 12.1 Å². The summed E-state index contributed by atoms with van der Waals surface area (Å²) < 4.78 is 8.09. The first-order valence-corrected chi connectivity index (χ1v) is 9.71. The van der Waals surface area contributed by atoms with E-state index in [2.05, 4.69) is 14.5 Å². The number of carboxylic acid groups (broad SMARTS) is 2. The Hall–Kier alpha value is -3.39. The molecule has 2 aromatic heterocycles. The molecule has 8 nitrogen and oxygen atoms in total. The van der Waals surface area contributed by atoms with Crippen LogP contribution in [0, 0.1) is 0 Å². The van der Waals surface area contributed by atoms with Crippen LogP contribution in [0.3, 0.4) is 0 Å². The Morgan fingerprint density at radius 2 is 2.07 bits per heavy atom. The number of aryl methyl sites for hydroxylation is 1. The molecule has 30 heavy (non-hydrogen) atoms. The van der Waals surface area contributed by atoms with Gasteiger partial charge in [-0.3, -0.25) is 9.69 Å². The molecule has 0 amide bonds. The maximum atomic E-state index is 11.4. The van der Waals surface area contributed by atoms with E-state index in [1.807, 2.05) is 37.8 Å². The van der Waals surface area contributed by atoms with Crippen LogP contribution in [0.5, 0.6) is 0 Å². The first-order valence-electron chi connectivity index (χ1n) is 9.71. The summed E-state index contributed by atoms with van der Waals surface area (Å²) in [4.78, 5) is 26.4. The normalized spacial score (nSPS) is 16.5. The summed E-state index contributed by atoms with van der Waals surface area (Å²) in [7, 11) is 2.04. The first kappa shape index (κ1) is 21.3. The minimum atomic E-state index is -0.946. The third-order valence-corrected chi connectivity index (χ3v) is 5.24. The molecule has 2 N–H and O–H groups in total. The summed E-state index contributed by atoms with van der Waals surface area (Å²) in [6.07, 6.45) is 6.13. The third-order valence-electron chi connectivity index (χ3n) is 5.24. The summed E-state index contributed by atoms with van der Waals surface area (Å²) >= 11 is 0. The van der Waals surface area contributed by atoms with E-state index in [0.29, 0.717) is 17.2 Å². The topological polar surface area (TPSA) is 109 Å². The minimum Gasteiger partial charge on any atom is -0.483 e. The van der Waals surface area contributed by atoms with Crippen LogP contribution in [0.15, 0.2) is 53.3 Å². The predicted molar refractivity (Wildman–Crippen MR) is 110 cm³/mol. The zero-order valence-corrected chi connectivity index (χ0v) is 16.8. The lowest BCUT2D eigenvalue weighted by Crippen LogP contribution is -2.34. The maximum Gasteiger partial charge on any atom is 0.336 e. The highest BCUT2D eigenvalue weighted by Crippen LogP contribution is 2.29. The van der Waals surface area contributed by atoms with Crippen LogP contribution >= 0.6 is 0 Å². The average molecular weight is 411 g/mol. The molecule has 1 aliphatic heterocycles. The number of benzene rings is 1. The van der Waals surface area contributed by atoms with Gasteiger partial charge in [0.05, 0.1) is 18.4 Å². The second kappa shape index (κ2) is 9.89. The monoisotopic (exact) mass is 411 g/mol. The summed E-state index contributed by atoms with van der Waals surface area (Å²) in [5, 5.41) is 16.3. The van der Waals surface area contributed by atoms with Gasteiger partial charge in [0.2, 0.25) is 0 Å². The van der Waals surface area contributed by atoms with Gasteiger partial charge in [-0.2, -0.15) is 0 Å². The molecule has 0 bridgehead atoms. The van der Waals surface area contributed by atoms with Gasteiger partial charge in [0.25, 0.3) is 6.47 Å². The van der Waals surface area contributed by atoms with Crippen molar-refractivity contribution in [2.75, 3.05) is 13.1 Å². The smallest absolute Gasteiger partial charge is 0.336 e. The quantitative estimate of drug-likeness (QED) is 0.619. The van der Waals surface area contributed by atoms with Crippen molar-refractivity contribution in [3.63, 3.8) is 0 Å². The van der Waals surface area contributed by atoms with Crippen LogP contribution in [0.2, 0.25) is 0 Å². The predicted octanol–water partition coefficient (Wildman–Crippen LogP) is 3.46. The molecular formula is C22H25N3O5. The van der Waals surface area contributed by atoms with Crippen molar-refractivity contribution in [3.8, 4) is 11.3 Å². The maximum absolute atomic E-state index is 11.4. The van der Waals surface area contributed by atoms with Crippen LogP contribution in [0.25, 0.3) is 11.3 Å². The van der Waals surface area contributed by atoms with Gasteiger partial charge in [-0.05, 0) is 37.6 Å². The molecule has 0 aliphatic carbocycles. The number of rotatable bonds is 5. The van der Waals surface area contributed by atoms with Crippen molar-refractivity contribution in [3.05, 3.63) is 65.9 Å². The largest absolute Gasteiger partial charge is 0.483 e. The second-order valence-electron chi connectivity index (χ2n) is 7.23. The molecule has 0 saturated carbocycles. The lowest BCUT2D eigenvalue weighted by atomic mass is 9.95. The number of hydrogen-bond donors (Lipinski definition) is 2. The molecule has 3 aromatic rings. The zero-order chi connectivity index (χ0) is 21.5. The van der Waals surface area contributed by atoms with Gasteiger partial charge in [0.1, 0.15) is 11.5 Å². The highest BCUT2D eigenvalue weighted by molar-refractivity contribution is 5.95. The number of aromatic nitrogens is 2. The summed E-state index contributed by atoms with van der Waals surface area (Å²) in [5.41, 5.74) is 2.14. The van der Waals surface area contributed by atoms with E-state index in [0.717, 1.165) is 31.8 Å². The molecule has 8 heteroatoms. The Bertz CT molecular complexity index is 994. The molecule has 4 rings (SSSR count). The Morgan fingerprint density at radius 3 is 2.77 bits per heavy atom. The lowest BCUT2D eigenvalue weighted by molar-refractivity contribution is -0.122. The van der Waals surface area contributed by atoms with Crippen LogP contribution < -0.4 is 0 Å². The number of imidazole rings is 1. The van der Waals surface area contributed by atoms with E-state index < -0.39 is 5.97 Å². The van der Waals surface area contributed by atoms with E-state index in [1.54, 1.807) is 18.2 Å². The van der Waals surface area contributed by atoms with E-state index >= 15 is 0 Å². The van der Waals surface area contributed by atoms with Gasteiger partial charge < -0.3 is 19.2 Å². The van der Waals surface area contributed by atoms with Gasteiger partial charge >= 0.3 is 5.97 Å². The third kappa shape index (κ3) is 4.96. The molecule has 1 aromatic carbocycles. The molecule has 1 saturated heterocycles. The Labute approximate surface area is 174 Å². The van der Waals surface area contributed by atoms with Crippen molar-refractivity contribution in [2.24, 2.45) is 7.05 Å². The van der Waals surface area contributed by atoms with Crippen LogP contribution in [-0.2, 0) is 18.4 Å². The van der Waals surface area contributed by atoms with E-state index in [9.17, 15) is 9.90 Å². The number of hydrogen-bond acceptors (Lipinski definition) is 5. The fourth-order valence-corrected chi connectivity index (χ4v) is 3.91. The Kier molecular flexibility index (Phi) is 7.03. The molecule has 0 radical (unpaired) electrons. The fourth-order valence-electron chi connectivity index (χ4n) is 3.91. The standard InChI is InChI=1S/C21H23N3O3.CH2O2/c1-23-14-22-11-19(23)15-5-4-10-24(12-15)13-16-8-9-20(27-16)17-6-2-3-7-18(17)21(25)26;2-1-3/h2-3,6-9,11,14-15H,4-5,10,12-13H2,1H3,(H,25,26);1H,(H,2,3). The van der Waals surface area contributed by atoms with Gasteiger partial charge in [-0.25, -0.2) is 9.78 Å². The number of piperidine rings is 1. The second-order valence-corrected chi connectivity index (χ2v) is 7.23. The highest BCUT2D eigenvalue weighted by Gasteiger charge is 2.24. The van der Waals surface area contributed by atoms with Crippen molar-refractivity contribution < 1.29 is 24.2 Å². The van der Waals surface area contributed by atoms with Crippen LogP contribution in [0.1, 0.15) is 40.6 Å². The number of nitrogens with zero attached hydrogens (tertiary/aromatic N) is 3. The molecule has 1 unspecified atom stereocenters.